The zero-order chi connectivity index (χ0) is 21.0. The first kappa shape index (κ1) is 22.5. The molecule has 27 heavy (non-hydrogen) atoms. The van der Waals surface area contributed by atoms with Gasteiger partial charge >= 0.3 is 12.3 Å². The predicted octanol–water partition coefficient (Wildman–Crippen LogP) is 4.72. The maximum Gasteiger partial charge on any atom is 0.416 e. The second-order valence-electron chi connectivity index (χ2n) is 7.67. The summed E-state index contributed by atoms with van der Waals surface area (Å²) in [4.78, 5) is 22.0. The second kappa shape index (κ2) is 8.01. The number of carbonyl (C=O) groups is 1. The summed E-state index contributed by atoms with van der Waals surface area (Å²) in [6, 6.07) is 2.29. The maximum atomic E-state index is 12.7. The maximum absolute atomic E-state index is 12.7. The summed E-state index contributed by atoms with van der Waals surface area (Å²) in [5, 5.41) is 16.5. The van der Waals surface area contributed by atoms with Crippen molar-refractivity contribution in [3.63, 3.8) is 0 Å². The highest BCUT2D eigenvalue weighted by Crippen LogP contribution is 2.35. The minimum absolute atomic E-state index is 0.0268. The Kier molecular flexibility index (Phi) is 6.68. The van der Waals surface area contributed by atoms with Gasteiger partial charge in [0.15, 0.2) is 0 Å². The highest BCUT2D eigenvalue weighted by atomic mass is 19.4. The van der Waals surface area contributed by atoms with Gasteiger partial charge in [-0.3, -0.25) is 10.1 Å². The van der Waals surface area contributed by atoms with Gasteiger partial charge in [0.2, 0.25) is 0 Å². The number of alkyl carbamates (subject to hydrolysis) is 1. The number of nitrogens with zero attached hydrogens (tertiary/aromatic N) is 1. The number of nitro groups is 1. The number of hydrogen-bond acceptors (Lipinski definition) is 5. The molecular weight excluding hydrogens is 367 g/mol. The fourth-order valence-electron chi connectivity index (χ4n) is 2.16. The highest BCUT2D eigenvalue weighted by Gasteiger charge is 2.33. The monoisotopic (exact) mass is 391 g/mol. The van der Waals surface area contributed by atoms with E-state index >= 15 is 0 Å². The third kappa shape index (κ3) is 7.71. The zero-order valence-electron chi connectivity index (χ0n) is 15.9. The van der Waals surface area contributed by atoms with Crippen molar-refractivity contribution >= 4 is 17.5 Å². The number of hydrogen-bond donors (Lipinski definition) is 2. The van der Waals surface area contributed by atoms with E-state index in [0.29, 0.717) is 12.5 Å². The van der Waals surface area contributed by atoms with Gasteiger partial charge < -0.3 is 15.4 Å². The molecule has 0 saturated carbocycles. The molecule has 0 fully saturated rings. The Labute approximate surface area is 155 Å². The quantitative estimate of drug-likeness (QED) is 0.541. The van der Waals surface area contributed by atoms with Crippen molar-refractivity contribution < 1.29 is 27.6 Å². The molecule has 0 spiro atoms. The molecular formula is C17H24F3N3O4. The van der Waals surface area contributed by atoms with E-state index in [-0.39, 0.29) is 12.2 Å². The average molecular weight is 391 g/mol. The molecule has 0 aliphatic rings. The van der Waals surface area contributed by atoms with E-state index in [4.69, 9.17) is 4.74 Å². The van der Waals surface area contributed by atoms with Gasteiger partial charge in [-0.05, 0) is 53.2 Å². The van der Waals surface area contributed by atoms with E-state index in [1.54, 1.807) is 34.6 Å². The molecule has 1 amide bonds. The fourth-order valence-corrected chi connectivity index (χ4v) is 2.16. The molecule has 0 aliphatic carbocycles. The van der Waals surface area contributed by atoms with E-state index in [1.165, 1.54) is 0 Å². The molecule has 0 atom stereocenters. The van der Waals surface area contributed by atoms with E-state index in [9.17, 15) is 28.1 Å². The standard InChI is InChI=1S/C17H24F3N3O4/c1-15(2,3)27-14(24)22-16(4,5)8-9-21-12-7-6-11(17(18,19)20)10-13(12)23(25)26/h6-7,10,21H,8-9H2,1-5H3,(H,22,24). The van der Waals surface area contributed by atoms with Crippen LogP contribution in [-0.4, -0.2) is 28.7 Å². The van der Waals surface area contributed by atoms with Gasteiger partial charge in [0.25, 0.3) is 5.69 Å². The van der Waals surface area contributed by atoms with Crippen LogP contribution in [0.25, 0.3) is 0 Å². The van der Waals surface area contributed by atoms with E-state index in [2.05, 4.69) is 10.6 Å². The van der Waals surface area contributed by atoms with Gasteiger partial charge in [0.05, 0.1) is 10.5 Å². The van der Waals surface area contributed by atoms with Crippen LogP contribution in [0.1, 0.15) is 46.6 Å². The number of benzene rings is 1. The minimum Gasteiger partial charge on any atom is -0.444 e. The van der Waals surface area contributed by atoms with Crippen LogP contribution in [0.5, 0.6) is 0 Å². The summed E-state index contributed by atoms with van der Waals surface area (Å²) in [5.74, 6) is 0. The first-order valence-corrected chi connectivity index (χ1v) is 8.21. The number of nitro benzene ring substituents is 1. The van der Waals surface area contributed by atoms with E-state index in [0.717, 1.165) is 12.1 Å². The molecule has 0 saturated heterocycles. The molecule has 1 aromatic rings. The molecule has 10 heteroatoms. The number of carbonyl (C=O) groups excluding carboxylic acids is 1. The first-order valence-electron chi connectivity index (χ1n) is 8.21. The Hall–Kier alpha value is -2.52. The zero-order valence-corrected chi connectivity index (χ0v) is 15.9. The molecule has 7 nitrogen and oxygen atoms in total. The molecule has 0 aliphatic heterocycles. The molecule has 152 valence electrons. The normalized spacial score (nSPS) is 12.4. The summed E-state index contributed by atoms with van der Waals surface area (Å²) in [6.45, 7) is 8.84. The molecule has 2 N–H and O–H groups in total. The number of rotatable bonds is 6. The number of ether oxygens (including phenoxy) is 1. The van der Waals surface area contributed by atoms with E-state index < -0.39 is 39.6 Å². The third-order valence-corrected chi connectivity index (χ3v) is 3.43. The molecule has 0 bridgehead atoms. The van der Waals surface area contributed by atoms with Crippen LogP contribution in [0, 0.1) is 10.1 Å². The highest BCUT2D eigenvalue weighted by molar-refractivity contribution is 5.68. The Morgan fingerprint density at radius 1 is 1.19 bits per heavy atom. The topological polar surface area (TPSA) is 93.5 Å². The molecule has 0 aromatic heterocycles. The van der Waals surface area contributed by atoms with Crippen molar-refractivity contribution in [3.8, 4) is 0 Å². The summed E-state index contributed by atoms with van der Waals surface area (Å²) in [6.07, 6.45) is -4.92. The van der Waals surface area contributed by atoms with Gasteiger partial charge in [-0.15, -0.1) is 0 Å². The second-order valence-corrected chi connectivity index (χ2v) is 7.67. The van der Waals surface area contributed by atoms with Gasteiger partial charge in [0.1, 0.15) is 11.3 Å². The van der Waals surface area contributed by atoms with Crippen LogP contribution in [-0.2, 0) is 10.9 Å². The van der Waals surface area contributed by atoms with Crippen molar-refractivity contribution in [2.24, 2.45) is 0 Å². The summed E-state index contributed by atoms with van der Waals surface area (Å²) in [7, 11) is 0. The molecule has 0 radical (unpaired) electrons. The summed E-state index contributed by atoms with van der Waals surface area (Å²) < 4.78 is 43.3. The number of nitrogens with one attached hydrogen (secondary N) is 2. The van der Waals surface area contributed by atoms with Crippen molar-refractivity contribution in [2.45, 2.75) is 58.4 Å². The van der Waals surface area contributed by atoms with Crippen molar-refractivity contribution in [1.82, 2.24) is 5.32 Å². The Bertz CT molecular complexity index is 698. The van der Waals surface area contributed by atoms with Crippen LogP contribution < -0.4 is 10.6 Å². The van der Waals surface area contributed by atoms with Crippen molar-refractivity contribution in [2.75, 3.05) is 11.9 Å². The average Bonchev–Trinajstić information content (AvgIpc) is 2.42. The van der Waals surface area contributed by atoms with Crippen LogP contribution in [0.3, 0.4) is 0 Å². The number of halogens is 3. The predicted molar refractivity (Wildman–Crippen MR) is 94.7 cm³/mol. The lowest BCUT2D eigenvalue weighted by atomic mass is 10.0. The van der Waals surface area contributed by atoms with Gasteiger partial charge in [0, 0.05) is 18.2 Å². The smallest absolute Gasteiger partial charge is 0.416 e. The van der Waals surface area contributed by atoms with Crippen LogP contribution in [0.15, 0.2) is 18.2 Å². The van der Waals surface area contributed by atoms with E-state index in [1.807, 2.05) is 0 Å². The Morgan fingerprint density at radius 2 is 1.78 bits per heavy atom. The Balaban J connectivity index is 2.75. The number of amides is 1. The number of anilines is 1. The molecule has 1 aromatic carbocycles. The SMILES string of the molecule is CC(C)(CCNc1ccc(C(F)(F)F)cc1[N+](=O)[O-])NC(=O)OC(C)(C)C. The lowest BCUT2D eigenvalue weighted by molar-refractivity contribution is -0.384. The third-order valence-electron chi connectivity index (χ3n) is 3.43. The van der Waals surface area contributed by atoms with Crippen LogP contribution in [0.4, 0.5) is 29.3 Å². The van der Waals surface area contributed by atoms with Gasteiger partial charge in [-0.1, -0.05) is 0 Å². The van der Waals surface area contributed by atoms with Crippen LogP contribution in [0.2, 0.25) is 0 Å². The van der Waals surface area contributed by atoms with Gasteiger partial charge in [-0.2, -0.15) is 13.2 Å². The summed E-state index contributed by atoms with van der Waals surface area (Å²) in [5.41, 5.74) is -3.13. The fraction of sp³-hybridized carbons (Fsp3) is 0.588. The van der Waals surface area contributed by atoms with Crippen molar-refractivity contribution in [1.29, 1.82) is 0 Å². The first-order chi connectivity index (χ1) is 12.1. The Morgan fingerprint density at radius 3 is 2.26 bits per heavy atom. The lowest BCUT2D eigenvalue weighted by Crippen LogP contribution is -2.46. The summed E-state index contributed by atoms with van der Waals surface area (Å²) >= 11 is 0. The number of alkyl halides is 3. The lowest BCUT2D eigenvalue weighted by Gasteiger charge is -2.28. The molecule has 0 heterocycles. The largest absolute Gasteiger partial charge is 0.444 e. The van der Waals surface area contributed by atoms with Crippen LogP contribution >= 0.6 is 0 Å². The minimum atomic E-state index is -4.66. The molecule has 1 rings (SSSR count). The molecule has 0 unspecified atom stereocenters. The van der Waals surface area contributed by atoms with Crippen molar-refractivity contribution in [3.05, 3.63) is 33.9 Å². The van der Waals surface area contributed by atoms with Gasteiger partial charge in [-0.25, -0.2) is 4.79 Å².